The summed E-state index contributed by atoms with van der Waals surface area (Å²) in [5.74, 6) is 0.754. The first-order valence-corrected chi connectivity index (χ1v) is 5.89. The molecule has 3 heteroatoms. The van der Waals surface area contributed by atoms with Gasteiger partial charge in [0.2, 0.25) is 0 Å². The molecule has 16 heavy (non-hydrogen) atoms. The van der Waals surface area contributed by atoms with Crippen molar-refractivity contribution in [2.45, 2.75) is 38.6 Å². The van der Waals surface area contributed by atoms with Crippen molar-refractivity contribution in [2.75, 3.05) is 0 Å². The molecule has 1 unspecified atom stereocenters. The van der Waals surface area contributed by atoms with Gasteiger partial charge in [-0.15, -0.1) is 0 Å². The van der Waals surface area contributed by atoms with E-state index in [0.29, 0.717) is 0 Å². The van der Waals surface area contributed by atoms with Crippen LogP contribution in [0.25, 0.3) is 11.1 Å². The highest BCUT2D eigenvalue weighted by Gasteiger charge is 2.09. The fraction of sp³-hybridized carbons (Fsp3) is 0.462. The van der Waals surface area contributed by atoms with Crippen LogP contribution in [0, 0.1) is 0 Å². The highest BCUT2D eigenvalue weighted by Crippen LogP contribution is 2.16. The summed E-state index contributed by atoms with van der Waals surface area (Å²) in [5, 5.41) is 0. The normalized spacial score (nSPS) is 13.1. The Kier molecular flexibility index (Phi) is 3.57. The molecule has 0 fully saturated rings. The van der Waals surface area contributed by atoms with Gasteiger partial charge in [0, 0.05) is 12.5 Å². The van der Waals surface area contributed by atoms with E-state index in [-0.39, 0.29) is 6.04 Å². The summed E-state index contributed by atoms with van der Waals surface area (Å²) in [7, 11) is 0. The third-order valence-corrected chi connectivity index (χ3v) is 2.70. The fourth-order valence-electron chi connectivity index (χ4n) is 1.80. The highest BCUT2D eigenvalue weighted by molar-refractivity contribution is 5.72. The number of nitrogens with two attached hydrogens (primary N) is 1. The molecule has 0 amide bonds. The quantitative estimate of drug-likeness (QED) is 0.839. The molecule has 0 aliphatic carbocycles. The van der Waals surface area contributed by atoms with E-state index < -0.39 is 0 Å². The van der Waals surface area contributed by atoms with Gasteiger partial charge in [0.05, 0.1) is 0 Å². The van der Waals surface area contributed by atoms with Crippen molar-refractivity contribution in [3.63, 3.8) is 0 Å². The molecule has 0 bridgehead atoms. The van der Waals surface area contributed by atoms with E-state index in [4.69, 9.17) is 10.2 Å². The fourth-order valence-corrected chi connectivity index (χ4v) is 1.80. The number of oxazole rings is 1. The van der Waals surface area contributed by atoms with Gasteiger partial charge in [-0.1, -0.05) is 31.9 Å². The number of rotatable bonds is 5. The highest BCUT2D eigenvalue weighted by atomic mass is 16.3. The molecule has 0 aliphatic rings. The molecular formula is C13H18N2O. The van der Waals surface area contributed by atoms with Crippen LogP contribution >= 0.6 is 0 Å². The van der Waals surface area contributed by atoms with Gasteiger partial charge in [-0.3, -0.25) is 0 Å². The van der Waals surface area contributed by atoms with Crippen molar-refractivity contribution in [3.05, 3.63) is 30.2 Å². The molecule has 0 radical (unpaired) electrons. The van der Waals surface area contributed by atoms with Crippen molar-refractivity contribution in [1.82, 2.24) is 4.98 Å². The van der Waals surface area contributed by atoms with Crippen molar-refractivity contribution >= 4 is 11.1 Å². The lowest BCUT2D eigenvalue weighted by molar-refractivity contribution is 0.476. The lowest BCUT2D eigenvalue weighted by Gasteiger charge is -2.07. The SMILES string of the molecule is CCCCC(N)Cc1nc2ccccc2o1. The van der Waals surface area contributed by atoms with Gasteiger partial charge in [-0.05, 0) is 18.6 Å². The van der Waals surface area contributed by atoms with Crippen LogP contribution in [0.15, 0.2) is 28.7 Å². The maximum Gasteiger partial charge on any atom is 0.197 e. The number of hydrogen-bond acceptors (Lipinski definition) is 3. The number of nitrogens with zero attached hydrogens (tertiary/aromatic N) is 1. The lowest BCUT2D eigenvalue weighted by atomic mass is 10.1. The molecule has 2 aromatic rings. The Hall–Kier alpha value is -1.35. The Bertz CT molecular complexity index is 417. The van der Waals surface area contributed by atoms with Crippen LogP contribution in [0.3, 0.4) is 0 Å². The summed E-state index contributed by atoms with van der Waals surface area (Å²) in [5.41, 5.74) is 7.78. The Morgan fingerprint density at radius 3 is 2.94 bits per heavy atom. The maximum atomic E-state index is 6.01. The minimum Gasteiger partial charge on any atom is -0.441 e. The second kappa shape index (κ2) is 5.12. The van der Waals surface area contributed by atoms with E-state index in [9.17, 15) is 0 Å². The Morgan fingerprint density at radius 1 is 1.38 bits per heavy atom. The number of unbranched alkanes of at least 4 members (excludes halogenated alkanes) is 1. The van der Waals surface area contributed by atoms with Crippen molar-refractivity contribution in [3.8, 4) is 0 Å². The molecule has 0 spiro atoms. The van der Waals surface area contributed by atoms with Gasteiger partial charge < -0.3 is 10.2 Å². The van der Waals surface area contributed by atoms with E-state index in [0.717, 1.165) is 29.8 Å². The smallest absolute Gasteiger partial charge is 0.197 e. The predicted molar refractivity (Wildman–Crippen MR) is 65.2 cm³/mol. The number of benzene rings is 1. The number of hydrogen-bond donors (Lipinski definition) is 1. The van der Waals surface area contributed by atoms with Crippen molar-refractivity contribution in [1.29, 1.82) is 0 Å². The van der Waals surface area contributed by atoms with Crippen LogP contribution in [0.4, 0.5) is 0 Å². The summed E-state index contributed by atoms with van der Waals surface area (Å²) < 4.78 is 5.63. The second-order valence-corrected chi connectivity index (χ2v) is 4.18. The summed E-state index contributed by atoms with van der Waals surface area (Å²) in [6.45, 7) is 2.17. The third kappa shape index (κ3) is 2.61. The summed E-state index contributed by atoms with van der Waals surface area (Å²) in [6.07, 6.45) is 4.12. The molecule has 0 saturated carbocycles. The van der Waals surface area contributed by atoms with Gasteiger partial charge in [0.1, 0.15) is 5.52 Å². The van der Waals surface area contributed by atoms with Crippen LogP contribution in [-0.2, 0) is 6.42 Å². The van der Waals surface area contributed by atoms with Crippen LogP contribution in [0.1, 0.15) is 32.1 Å². The first-order valence-electron chi connectivity index (χ1n) is 5.89. The molecule has 3 nitrogen and oxygen atoms in total. The van der Waals surface area contributed by atoms with E-state index in [1.807, 2.05) is 24.3 Å². The van der Waals surface area contributed by atoms with Gasteiger partial charge in [-0.2, -0.15) is 0 Å². The molecule has 1 heterocycles. The minimum absolute atomic E-state index is 0.160. The first kappa shape index (κ1) is 11.1. The second-order valence-electron chi connectivity index (χ2n) is 4.18. The average Bonchev–Trinajstić information content (AvgIpc) is 2.68. The van der Waals surface area contributed by atoms with Crippen molar-refractivity contribution in [2.24, 2.45) is 5.73 Å². The van der Waals surface area contributed by atoms with Crippen LogP contribution < -0.4 is 5.73 Å². The molecule has 2 N–H and O–H groups in total. The maximum absolute atomic E-state index is 6.01. The number of fused-ring (bicyclic) bond motifs is 1. The molecule has 1 atom stereocenters. The topological polar surface area (TPSA) is 52.0 Å². The zero-order chi connectivity index (χ0) is 11.4. The zero-order valence-electron chi connectivity index (χ0n) is 9.65. The first-order chi connectivity index (χ1) is 7.79. The van der Waals surface area contributed by atoms with Crippen molar-refractivity contribution < 1.29 is 4.42 Å². The average molecular weight is 218 g/mol. The Balaban J connectivity index is 2.03. The number of para-hydroxylation sites is 2. The monoisotopic (exact) mass is 218 g/mol. The molecular weight excluding hydrogens is 200 g/mol. The largest absolute Gasteiger partial charge is 0.441 e. The molecule has 2 rings (SSSR count). The molecule has 86 valence electrons. The summed E-state index contributed by atoms with van der Waals surface area (Å²) in [6, 6.07) is 7.97. The van der Waals surface area contributed by atoms with E-state index in [2.05, 4.69) is 11.9 Å². The van der Waals surface area contributed by atoms with Crippen LogP contribution in [0.2, 0.25) is 0 Å². The van der Waals surface area contributed by atoms with Gasteiger partial charge in [0.15, 0.2) is 11.5 Å². The van der Waals surface area contributed by atoms with Crippen LogP contribution in [0.5, 0.6) is 0 Å². The van der Waals surface area contributed by atoms with Crippen LogP contribution in [-0.4, -0.2) is 11.0 Å². The number of aromatic nitrogens is 1. The Labute approximate surface area is 95.7 Å². The standard InChI is InChI=1S/C13H18N2O/c1-2-3-6-10(14)9-13-15-11-7-4-5-8-12(11)16-13/h4-5,7-8,10H,2-3,6,9,14H2,1H3. The molecule has 0 saturated heterocycles. The van der Waals surface area contributed by atoms with Gasteiger partial charge in [0.25, 0.3) is 0 Å². The molecule has 1 aromatic carbocycles. The predicted octanol–water partition coefficient (Wildman–Crippen LogP) is 2.89. The lowest BCUT2D eigenvalue weighted by Crippen LogP contribution is -2.22. The minimum atomic E-state index is 0.160. The molecule has 0 aliphatic heterocycles. The molecule has 1 aromatic heterocycles. The van der Waals surface area contributed by atoms with E-state index >= 15 is 0 Å². The Morgan fingerprint density at radius 2 is 2.19 bits per heavy atom. The van der Waals surface area contributed by atoms with E-state index in [1.165, 1.54) is 12.8 Å². The summed E-state index contributed by atoms with van der Waals surface area (Å²) in [4.78, 5) is 4.41. The third-order valence-electron chi connectivity index (χ3n) is 2.70. The van der Waals surface area contributed by atoms with Gasteiger partial charge >= 0.3 is 0 Å². The summed E-state index contributed by atoms with van der Waals surface area (Å²) >= 11 is 0. The van der Waals surface area contributed by atoms with Gasteiger partial charge in [-0.25, -0.2) is 4.98 Å². The zero-order valence-corrected chi connectivity index (χ0v) is 9.65. The van der Waals surface area contributed by atoms with E-state index in [1.54, 1.807) is 0 Å².